The molecule has 0 radical (unpaired) electrons. The zero-order chi connectivity index (χ0) is 43.7. The highest BCUT2D eigenvalue weighted by molar-refractivity contribution is 6.39. The van der Waals surface area contributed by atoms with Crippen LogP contribution in [0, 0.1) is 0 Å². The van der Waals surface area contributed by atoms with Crippen LogP contribution in [0.15, 0.2) is 217 Å². The van der Waals surface area contributed by atoms with E-state index in [1.165, 1.54) is 43.1 Å². The molecule has 0 saturated carbocycles. The van der Waals surface area contributed by atoms with E-state index in [0.29, 0.717) is 17.5 Å². The molecule has 4 heterocycles. The van der Waals surface area contributed by atoms with Crippen molar-refractivity contribution < 1.29 is 4.42 Å². The Hall–Kier alpha value is -9.13. The Balaban J connectivity index is 1.03. The summed E-state index contributed by atoms with van der Waals surface area (Å²) in [6.45, 7) is 0. The number of hydrogen-bond acceptors (Lipinski definition) is 4. The number of benzene rings is 11. The third-order valence-corrected chi connectivity index (χ3v) is 13.9. The Kier molecular flexibility index (Phi) is 7.40. The third kappa shape index (κ3) is 5.18. The molecule has 6 heteroatoms. The van der Waals surface area contributed by atoms with E-state index >= 15 is 0 Å². The van der Waals surface area contributed by atoms with Crippen LogP contribution in [0.2, 0.25) is 0 Å². The molecule has 67 heavy (non-hydrogen) atoms. The highest BCUT2D eigenvalue weighted by Crippen LogP contribution is 2.48. The average Bonchev–Trinajstić information content (AvgIpc) is 4.05. The second-order valence-electron chi connectivity index (χ2n) is 17.5. The fraction of sp³-hybridized carbons (Fsp3) is 0. The maximum atomic E-state index is 6.83. The first-order valence-corrected chi connectivity index (χ1v) is 22.7. The van der Waals surface area contributed by atoms with Crippen LogP contribution in [-0.4, -0.2) is 24.1 Å². The Morgan fingerprint density at radius 3 is 1.76 bits per heavy atom. The van der Waals surface area contributed by atoms with Crippen LogP contribution >= 0.6 is 0 Å². The number of furan rings is 1. The van der Waals surface area contributed by atoms with Crippen molar-refractivity contribution in [3.63, 3.8) is 0 Å². The number of para-hydroxylation sites is 3. The van der Waals surface area contributed by atoms with E-state index in [-0.39, 0.29) is 0 Å². The quantitative estimate of drug-likeness (QED) is 0.162. The molecule has 310 valence electrons. The van der Waals surface area contributed by atoms with Crippen molar-refractivity contribution in [2.24, 2.45) is 0 Å². The van der Waals surface area contributed by atoms with Gasteiger partial charge in [0.1, 0.15) is 11.2 Å². The second-order valence-corrected chi connectivity index (χ2v) is 17.5. The molecule has 0 saturated heterocycles. The van der Waals surface area contributed by atoms with Crippen LogP contribution in [-0.2, 0) is 0 Å². The molecule has 15 rings (SSSR count). The molecule has 11 aromatic carbocycles. The minimum absolute atomic E-state index is 0.568. The van der Waals surface area contributed by atoms with Crippen molar-refractivity contribution in [3.8, 4) is 45.5 Å². The van der Waals surface area contributed by atoms with Gasteiger partial charge in [-0.2, -0.15) is 0 Å². The zero-order valence-corrected chi connectivity index (χ0v) is 35.9. The Labute approximate surface area is 382 Å². The van der Waals surface area contributed by atoms with Crippen molar-refractivity contribution >= 4 is 97.9 Å². The van der Waals surface area contributed by atoms with E-state index in [1.807, 2.05) is 30.3 Å². The number of fused-ring (bicyclic) bond motifs is 11. The van der Waals surface area contributed by atoms with Gasteiger partial charge in [0.05, 0.1) is 27.8 Å². The molecule has 0 fully saturated rings. The minimum atomic E-state index is 0.568. The van der Waals surface area contributed by atoms with Crippen LogP contribution in [0.25, 0.3) is 143 Å². The third-order valence-electron chi connectivity index (χ3n) is 13.9. The van der Waals surface area contributed by atoms with Crippen LogP contribution in [0.4, 0.5) is 0 Å². The number of nitrogens with zero attached hydrogens (tertiary/aromatic N) is 5. The van der Waals surface area contributed by atoms with E-state index in [1.54, 1.807) is 0 Å². The first-order chi connectivity index (χ1) is 33.2. The van der Waals surface area contributed by atoms with E-state index in [9.17, 15) is 0 Å². The summed E-state index contributed by atoms with van der Waals surface area (Å²) in [5.41, 5.74) is 10.8. The van der Waals surface area contributed by atoms with Gasteiger partial charge >= 0.3 is 0 Å². The maximum Gasteiger partial charge on any atom is 0.164 e. The number of aromatic nitrogens is 5. The molecule has 0 aliphatic rings. The number of rotatable bonds is 5. The van der Waals surface area contributed by atoms with Crippen molar-refractivity contribution in [2.75, 3.05) is 0 Å². The van der Waals surface area contributed by atoms with Gasteiger partial charge in [-0.15, -0.1) is 0 Å². The summed E-state index contributed by atoms with van der Waals surface area (Å²) in [6, 6.07) is 75.4. The lowest BCUT2D eigenvalue weighted by Crippen LogP contribution is -2.02. The predicted molar refractivity (Wildman–Crippen MR) is 276 cm³/mol. The first-order valence-electron chi connectivity index (χ1n) is 22.7. The Bertz CT molecular complexity index is 4500. The lowest BCUT2D eigenvalue weighted by Gasteiger charge is -2.13. The van der Waals surface area contributed by atoms with E-state index < -0.39 is 0 Å². The molecule has 4 aromatic heterocycles. The fourth-order valence-corrected chi connectivity index (χ4v) is 11.1. The smallest absolute Gasteiger partial charge is 0.164 e. The van der Waals surface area contributed by atoms with Gasteiger partial charge < -0.3 is 13.6 Å². The average molecular weight is 854 g/mol. The lowest BCUT2D eigenvalue weighted by atomic mass is 9.91. The summed E-state index contributed by atoms with van der Waals surface area (Å²) in [5.74, 6) is 1.76. The van der Waals surface area contributed by atoms with Crippen LogP contribution in [0.1, 0.15) is 0 Å². The summed E-state index contributed by atoms with van der Waals surface area (Å²) < 4.78 is 11.6. The van der Waals surface area contributed by atoms with E-state index in [4.69, 9.17) is 19.4 Å². The monoisotopic (exact) mass is 853 g/mol. The van der Waals surface area contributed by atoms with Gasteiger partial charge in [-0.1, -0.05) is 146 Å². The summed E-state index contributed by atoms with van der Waals surface area (Å²) in [7, 11) is 0. The van der Waals surface area contributed by atoms with Gasteiger partial charge in [-0.25, -0.2) is 15.0 Å². The highest BCUT2D eigenvalue weighted by atomic mass is 16.3. The molecule has 0 aliphatic heterocycles. The molecule has 0 unspecified atom stereocenters. The molecule has 6 nitrogen and oxygen atoms in total. The number of hydrogen-bond donors (Lipinski definition) is 0. The highest BCUT2D eigenvalue weighted by Gasteiger charge is 2.25. The topological polar surface area (TPSA) is 61.7 Å². The van der Waals surface area contributed by atoms with Crippen LogP contribution < -0.4 is 0 Å². The minimum Gasteiger partial charge on any atom is -0.456 e. The largest absolute Gasteiger partial charge is 0.456 e. The standard InChI is InChI=1S/C61H35N5O/c1-3-16-36(17-4-1)59-62-60(38-30-31-50-47(32-38)43-23-11-13-27-49(43)65(50)39-19-5-2-6-20-39)64-61(63-59)48-34-40(35-54-55(48)46-25-12-14-29-53(46)67-54)66-51-28-15-26-45-42-22-9-10-24-44(42)56-41-21-8-7-18-37(41)33-52(66)58(56)57(45)51/h1-35H. The van der Waals surface area contributed by atoms with Gasteiger partial charge in [-0.05, 0) is 87.6 Å². The Morgan fingerprint density at radius 1 is 0.299 bits per heavy atom. The van der Waals surface area contributed by atoms with Gasteiger partial charge in [-0.3, -0.25) is 0 Å². The summed E-state index contributed by atoms with van der Waals surface area (Å²) >= 11 is 0. The maximum absolute atomic E-state index is 6.83. The molecule has 0 spiro atoms. The van der Waals surface area contributed by atoms with Crippen LogP contribution in [0.5, 0.6) is 0 Å². The summed E-state index contributed by atoms with van der Waals surface area (Å²) in [6.07, 6.45) is 0. The summed E-state index contributed by atoms with van der Waals surface area (Å²) in [5, 5.41) is 14.2. The second kappa shape index (κ2) is 13.7. The first kappa shape index (κ1) is 36.2. The van der Waals surface area contributed by atoms with Gasteiger partial charge in [0.25, 0.3) is 0 Å². The van der Waals surface area contributed by atoms with E-state index in [2.05, 4.69) is 191 Å². The Morgan fingerprint density at radius 2 is 0.910 bits per heavy atom. The molecule has 0 aliphatic carbocycles. The lowest BCUT2D eigenvalue weighted by molar-refractivity contribution is 0.668. The van der Waals surface area contributed by atoms with Crippen molar-refractivity contribution in [3.05, 3.63) is 212 Å². The molecule has 0 amide bonds. The van der Waals surface area contributed by atoms with Gasteiger partial charge in [0, 0.05) is 66.1 Å². The van der Waals surface area contributed by atoms with Crippen molar-refractivity contribution in [2.45, 2.75) is 0 Å². The van der Waals surface area contributed by atoms with Gasteiger partial charge in [0.15, 0.2) is 17.5 Å². The molecular weight excluding hydrogens is 819 g/mol. The van der Waals surface area contributed by atoms with Crippen molar-refractivity contribution in [1.29, 1.82) is 0 Å². The van der Waals surface area contributed by atoms with Crippen molar-refractivity contribution in [1.82, 2.24) is 24.1 Å². The molecular formula is C61H35N5O. The molecule has 0 N–H and O–H groups in total. The normalized spacial score (nSPS) is 12.2. The molecule has 0 bridgehead atoms. The molecule has 15 aromatic rings. The fourth-order valence-electron chi connectivity index (χ4n) is 11.1. The van der Waals surface area contributed by atoms with Crippen LogP contribution in [0.3, 0.4) is 0 Å². The molecule has 0 atom stereocenters. The van der Waals surface area contributed by atoms with E-state index in [0.717, 1.165) is 82.8 Å². The van der Waals surface area contributed by atoms with Gasteiger partial charge in [0.2, 0.25) is 0 Å². The zero-order valence-electron chi connectivity index (χ0n) is 35.9. The summed E-state index contributed by atoms with van der Waals surface area (Å²) in [4.78, 5) is 16.1. The SMILES string of the molecule is c1ccc(-c2nc(-c3ccc4c(c3)c3ccccc3n4-c3ccccc3)nc(-c3cc(-n4c5cccc6c7ccccc7c7c8ccccc8cc4c7c65)cc4oc5ccccc5c34)n2)cc1. The predicted octanol–water partition coefficient (Wildman–Crippen LogP) is 15.9.